The van der Waals surface area contributed by atoms with Gasteiger partial charge in [0.15, 0.2) is 0 Å². The highest BCUT2D eigenvalue weighted by molar-refractivity contribution is 8.00. The minimum Gasteiger partial charge on any atom is -0.310 e. The number of hydrogen-bond donors (Lipinski definition) is 1. The van der Waals surface area contributed by atoms with Crippen LogP contribution >= 0.6 is 11.8 Å². The van der Waals surface area contributed by atoms with E-state index in [4.69, 9.17) is 0 Å². The van der Waals surface area contributed by atoms with Crippen molar-refractivity contribution in [3.63, 3.8) is 0 Å². The van der Waals surface area contributed by atoms with Crippen molar-refractivity contribution in [2.24, 2.45) is 7.05 Å². The van der Waals surface area contributed by atoms with Gasteiger partial charge in [-0.25, -0.2) is 0 Å². The molecule has 1 aromatic heterocycles. The van der Waals surface area contributed by atoms with E-state index in [2.05, 4.69) is 47.8 Å². The molecule has 0 spiro atoms. The van der Waals surface area contributed by atoms with Gasteiger partial charge in [-0.3, -0.25) is 4.68 Å². The number of fused-ring (bicyclic) bond motifs is 1. The molecule has 2 atom stereocenters. The standard InChI is InChI=1S/C17H23N3S/c1-13-10-16(15-7-3-4-8-17(15)21-13)18-9-5-6-14-11-19-20(2)12-14/h3-4,7-8,11-13,16,18H,5-6,9-10H2,1-2H3. The average Bonchev–Trinajstić information content (AvgIpc) is 2.89. The first-order valence-electron chi connectivity index (χ1n) is 7.69. The summed E-state index contributed by atoms with van der Waals surface area (Å²) in [6.45, 7) is 3.39. The van der Waals surface area contributed by atoms with Gasteiger partial charge in [0.25, 0.3) is 0 Å². The van der Waals surface area contributed by atoms with Crippen molar-refractivity contribution in [1.82, 2.24) is 15.1 Å². The van der Waals surface area contributed by atoms with Gasteiger partial charge in [-0.2, -0.15) is 5.10 Å². The number of nitrogens with zero attached hydrogens (tertiary/aromatic N) is 2. The van der Waals surface area contributed by atoms with E-state index in [1.54, 1.807) is 0 Å². The summed E-state index contributed by atoms with van der Waals surface area (Å²) in [6, 6.07) is 9.32. The van der Waals surface area contributed by atoms with Crippen molar-refractivity contribution in [2.45, 2.75) is 42.4 Å². The molecule has 0 fully saturated rings. The molecule has 1 N–H and O–H groups in total. The van der Waals surface area contributed by atoms with Crippen molar-refractivity contribution in [1.29, 1.82) is 0 Å². The van der Waals surface area contributed by atoms with Crippen LogP contribution < -0.4 is 5.32 Å². The molecule has 2 aromatic rings. The quantitative estimate of drug-likeness (QED) is 0.856. The van der Waals surface area contributed by atoms with Gasteiger partial charge in [0.05, 0.1) is 6.20 Å². The van der Waals surface area contributed by atoms with Crippen molar-refractivity contribution in [2.75, 3.05) is 6.54 Å². The van der Waals surface area contributed by atoms with E-state index in [1.807, 2.05) is 29.7 Å². The molecule has 1 aromatic carbocycles. The number of hydrogen-bond acceptors (Lipinski definition) is 3. The molecule has 21 heavy (non-hydrogen) atoms. The van der Waals surface area contributed by atoms with Gasteiger partial charge >= 0.3 is 0 Å². The maximum Gasteiger partial charge on any atom is 0.0521 e. The summed E-state index contributed by atoms with van der Waals surface area (Å²) in [4.78, 5) is 1.45. The molecule has 4 heteroatoms. The number of benzene rings is 1. The summed E-state index contributed by atoms with van der Waals surface area (Å²) < 4.78 is 1.87. The molecule has 0 saturated carbocycles. The first-order valence-corrected chi connectivity index (χ1v) is 8.57. The summed E-state index contributed by atoms with van der Waals surface area (Å²) in [5, 5.41) is 8.65. The summed E-state index contributed by atoms with van der Waals surface area (Å²) >= 11 is 2.00. The predicted molar refractivity (Wildman–Crippen MR) is 88.7 cm³/mol. The Bertz CT molecular complexity index is 593. The fourth-order valence-electron chi connectivity index (χ4n) is 2.96. The van der Waals surface area contributed by atoms with Crippen LogP contribution in [0.3, 0.4) is 0 Å². The molecule has 0 saturated heterocycles. The second-order valence-electron chi connectivity index (χ2n) is 5.83. The van der Waals surface area contributed by atoms with Gasteiger partial charge in [0, 0.05) is 29.4 Å². The number of rotatable bonds is 5. The van der Waals surface area contributed by atoms with Crippen LogP contribution in [0.15, 0.2) is 41.6 Å². The van der Waals surface area contributed by atoms with Crippen LogP contribution in [0, 0.1) is 0 Å². The first-order chi connectivity index (χ1) is 10.2. The summed E-state index contributed by atoms with van der Waals surface area (Å²) in [6.07, 6.45) is 7.54. The Morgan fingerprint density at radius 1 is 1.38 bits per heavy atom. The Labute approximate surface area is 131 Å². The monoisotopic (exact) mass is 301 g/mol. The van der Waals surface area contributed by atoms with Crippen LogP contribution in [0.2, 0.25) is 0 Å². The molecule has 0 radical (unpaired) electrons. The Hall–Kier alpha value is -1.26. The van der Waals surface area contributed by atoms with E-state index in [0.717, 1.165) is 19.4 Å². The van der Waals surface area contributed by atoms with E-state index >= 15 is 0 Å². The molecule has 1 aliphatic rings. The first kappa shape index (κ1) is 14.7. The van der Waals surface area contributed by atoms with Crippen molar-refractivity contribution >= 4 is 11.8 Å². The van der Waals surface area contributed by atoms with Crippen LogP contribution in [-0.2, 0) is 13.5 Å². The maximum absolute atomic E-state index is 4.22. The third-order valence-electron chi connectivity index (χ3n) is 3.98. The Balaban J connectivity index is 1.53. The lowest BCUT2D eigenvalue weighted by Crippen LogP contribution is -2.28. The Kier molecular flexibility index (Phi) is 4.66. The number of aromatic nitrogens is 2. The second-order valence-corrected chi connectivity index (χ2v) is 7.31. The van der Waals surface area contributed by atoms with Gasteiger partial charge in [-0.05, 0) is 43.0 Å². The molecule has 2 unspecified atom stereocenters. The SMILES string of the molecule is CC1CC(NCCCc2cnn(C)c2)c2ccccc2S1. The summed E-state index contributed by atoms with van der Waals surface area (Å²) in [5.74, 6) is 0. The van der Waals surface area contributed by atoms with E-state index in [1.165, 1.54) is 22.4 Å². The lowest BCUT2D eigenvalue weighted by atomic mass is 10.0. The minimum atomic E-state index is 0.506. The maximum atomic E-state index is 4.22. The van der Waals surface area contributed by atoms with Gasteiger partial charge in [0.1, 0.15) is 0 Å². The average molecular weight is 301 g/mol. The van der Waals surface area contributed by atoms with Crippen molar-refractivity contribution in [3.05, 3.63) is 47.8 Å². The third kappa shape index (κ3) is 3.69. The molecule has 0 aliphatic carbocycles. The van der Waals surface area contributed by atoms with E-state index in [9.17, 15) is 0 Å². The fraction of sp³-hybridized carbons (Fsp3) is 0.471. The van der Waals surface area contributed by atoms with E-state index in [-0.39, 0.29) is 0 Å². The lowest BCUT2D eigenvalue weighted by molar-refractivity contribution is 0.480. The lowest BCUT2D eigenvalue weighted by Gasteiger charge is -2.30. The third-order valence-corrected chi connectivity index (χ3v) is 5.20. The molecule has 2 heterocycles. The summed E-state index contributed by atoms with van der Waals surface area (Å²) in [5.41, 5.74) is 2.80. The molecule has 3 nitrogen and oxygen atoms in total. The van der Waals surface area contributed by atoms with Crippen molar-refractivity contribution in [3.8, 4) is 0 Å². The van der Waals surface area contributed by atoms with Crippen LogP contribution in [0.25, 0.3) is 0 Å². The zero-order valence-corrected chi connectivity index (χ0v) is 13.6. The number of thioether (sulfide) groups is 1. The molecule has 1 aliphatic heterocycles. The van der Waals surface area contributed by atoms with E-state index in [0.29, 0.717) is 11.3 Å². The highest BCUT2D eigenvalue weighted by Crippen LogP contribution is 2.40. The highest BCUT2D eigenvalue weighted by atomic mass is 32.2. The summed E-state index contributed by atoms with van der Waals surface area (Å²) in [7, 11) is 1.97. The van der Waals surface area contributed by atoms with Crippen LogP contribution in [0.4, 0.5) is 0 Å². The van der Waals surface area contributed by atoms with Crippen molar-refractivity contribution < 1.29 is 0 Å². The zero-order valence-electron chi connectivity index (χ0n) is 12.7. The molecular formula is C17H23N3S. The van der Waals surface area contributed by atoms with Crippen LogP contribution in [0.1, 0.15) is 36.9 Å². The normalized spacial score (nSPS) is 21.2. The fourth-order valence-corrected chi connectivity index (χ4v) is 4.19. The van der Waals surface area contributed by atoms with E-state index < -0.39 is 0 Å². The molecular weight excluding hydrogens is 278 g/mol. The molecule has 112 valence electrons. The topological polar surface area (TPSA) is 29.9 Å². The zero-order chi connectivity index (χ0) is 14.7. The second kappa shape index (κ2) is 6.67. The van der Waals surface area contributed by atoms with Crippen LogP contribution in [0.5, 0.6) is 0 Å². The highest BCUT2D eigenvalue weighted by Gasteiger charge is 2.24. The number of aryl methyl sites for hydroxylation is 2. The predicted octanol–water partition coefficient (Wildman–Crippen LogP) is 3.57. The van der Waals surface area contributed by atoms with Gasteiger partial charge in [-0.15, -0.1) is 11.8 Å². The largest absolute Gasteiger partial charge is 0.310 e. The Morgan fingerprint density at radius 2 is 2.24 bits per heavy atom. The molecule has 0 amide bonds. The number of nitrogens with one attached hydrogen (secondary N) is 1. The molecule has 3 rings (SSSR count). The van der Waals surface area contributed by atoms with Crippen LogP contribution in [-0.4, -0.2) is 21.6 Å². The smallest absolute Gasteiger partial charge is 0.0521 e. The molecule has 0 bridgehead atoms. The van der Waals surface area contributed by atoms with Gasteiger partial charge < -0.3 is 5.32 Å². The van der Waals surface area contributed by atoms with Gasteiger partial charge in [-0.1, -0.05) is 25.1 Å². The van der Waals surface area contributed by atoms with Gasteiger partial charge in [0.2, 0.25) is 0 Å². The minimum absolute atomic E-state index is 0.506. The Morgan fingerprint density at radius 3 is 3.05 bits per heavy atom.